The summed E-state index contributed by atoms with van der Waals surface area (Å²) < 4.78 is 4.98. The summed E-state index contributed by atoms with van der Waals surface area (Å²) in [6.45, 7) is 9.59. The van der Waals surface area contributed by atoms with Crippen molar-refractivity contribution in [1.29, 1.82) is 0 Å². The third-order valence-electron chi connectivity index (χ3n) is 1.72. The highest BCUT2D eigenvalue weighted by Crippen LogP contribution is 1.95. The summed E-state index contributed by atoms with van der Waals surface area (Å²) in [5.74, 6) is 0. The Bertz CT molecular complexity index is 73.7. The fourth-order valence-corrected chi connectivity index (χ4v) is 0.990. The van der Waals surface area contributed by atoms with Gasteiger partial charge in [0.25, 0.3) is 0 Å². The minimum atomic E-state index is 0.639. The van der Waals surface area contributed by atoms with Crippen LogP contribution in [0.15, 0.2) is 0 Å². The predicted molar refractivity (Wildman–Crippen MR) is 44.3 cm³/mol. The molecule has 0 radical (unpaired) electrons. The van der Waals surface area contributed by atoms with Crippen LogP contribution in [0.25, 0.3) is 0 Å². The third-order valence-corrected chi connectivity index (χ3v) is 1.72. The highest BCUT2D eigenvalue weighted by Gasteiger charge is 2.04. The van der Waals surface area contributed by atoms with E-state index in [1.807, 2.05) is 0 Å². The fraction of sp³-hybridized carbons (Fsp3) is 1.00. The lowest BCUT2D eigenvalue weighted by molar-refractivity contribution is 0.134. The Morgan fingerprint density at radius 2 is 2.00 bits per heavy atom. The van der Waals surface area contributed by atoms with E-state index >= 15 is 0 Å². The highest BCUT2D eigenvalue weighted by molar-refractivity contribution is 4.58. The smallest absolute Gasteiger partial charge is 0.0589 e. The molecule has 0 amide bonds. The SMILES string of the molecule is CCN(CCOC)C(C)C. The van der Waals surface area contributed by atoms with E-state index in [1.165, 1.54) is 0 Å². The molecule has 10 heavy (non-hydrogen) atoms. The zero-order valence-corrected chi connectivity index (χ0v) is 7.55. The van der Waals surface area contributed by atoms with Crippen LogP contribution >= 0.6 is 0 Å². The second-order valence-electron chi connectivity index (χ2n) is 2.72. The van der Waals surface area contributed by atoms with Gasteiger partial charge in [0.1, 0.15) is 0 Å². The molecule has 0 atom stereocenters. The first-order valence-electron chi connectivity index (χ1n) is 3.95. The molecule has 0 aliphatic carbocycles. The summed E-state index contributed by atoms with van der Waals surface area (Å²) in [4.78, 5) is 2.38. The normalized spacial score (nSPS) is 11.4. The Morgan fingerprint density at radius 3 is 2.30 bits per heavy atom. The summed E-state index contributed by atoms with van der Waals surface area (Å²) in [5.41, 5.74) is 0. The number of ether oxygens (including phenoxy) is 1. The predicted octanol–water partition coefficient (Wildman–Crippen LogP) is 1.36. The van der Waals surface area contributed by atoms with Crippen molar-refractivity contribution in [2.24, 2.45) is 0 Å². The van der Waals surface area contributed by atoms with Crippen LogP contribution in [-0.2, 0) is 4.74 Å². The third kappa shape index (κ3) is 3.85. The van der Waals surface area contributed by atoms with Crippen molar-refractivity contribution in [3.05, 3.63) is 0 Å². The molecule has 0 aromatic rings. The van der Waals surface area contributed by atoms with Crippen molar-refractivity contribution in [1.82, 2.24) is 4.90 Å². The van der Waals surface area contributed by atoms with E-state index in [4.69, 9.17) is 4.74 Å². The van der Waals surface area contributed by atoms with Gasteiger partial charge in [0.05, 0.1) is 6.61 Å². The summed E-state index contributed by atoms with van der Waals surface area (Å²) in [7, 11) is 1.74. The Hall–Kier alpha value is -0.0800. The first-order valence-corrected chi connectivity index (χ1v) is 3.95. The van der Waals surface area contributed by atoms with Gasteiger partial charge in [-0.25, -0.2) is 0 Å². The van der Waals surface area contributed by atoms with E-state index in [9.17, 15) is 0 Å². The van der Waals surface area contributed by atoms with Gasteiger partial charge in [-0.05, 0) is 20.4 Å². The number of rotatable bonds is 5. The van der Waals surface area contributed by atoms with Crippen molar-refractivity contribution in [3.63, 3.8) is 0 Å². The van der Waals surface area contributed by atoms with E-state index in [0.717, 1.165) is 19.7 Å². The van der Waals surface area contributed by atoms with Gasteiger partial charge in [-0.15, -0.1) is 0 Å². The topological polar surface area (TPSA) is 12.5 Å². The molecule has 0 saturated heterocycles. The van der Waals surface area contributed by atoms with Crippen LogP contribution in [0.5, 0.6) is 0 Å². The molecule has 2 heteroatoms. The molecule has 0 rings (SSSR count). The molecular weight excluding hydrogens is 126 g/mol. The molecule has 62 valence electrons. The maximum absolute atomic E-state index is 4.98. The van der Waals surface area contributed by atoms with Gasteiger partial charge in [0, 0.05) is 19.7 Å². The van der Waals surface area contributed by atoms with Gasteiger partial charge < -0.3 is 4.74 Å². The maximum Gasteiger partial charge on any atom is 0.0589 e. The van der Waals surface area contributed by atoms with E-state index in [0.29, 0.717) is 6.04 Å². The Morgan fingerprint density at radius 1 is 1.40 bits per heavy atom. The van der Waals surface area contributed by atoms with Gasteiger partial charge in [0.15, 0.2) is 0 Å². The molecule has 0 bridgehead atoms. The maximum atomic E-state index is 4.98. The summed E-state index contributed by atoms with van der Waals surface area (Å²) in [5, 5.41) is 0. The standard InChI is InChI=1S/C8H19NO/c1-5-9(8(2)3)6-7-10-4/h8H,5-7H2,1-4H3. The quantitative estimate of drug-likeness (QED) is 0.579. The van der Waals surface area contributed by atoms with Crippen LogP contribution in [0.3, 0.4) is 0 Å². The molecule has 0 unspecified atom stereocenters. The largest absolute Gasteiger partial charge is 0.383 e. The van der Waals surface area contributed by atoms with E-state index in [2.05, 4.69) is 25.7 Å². The Kier molecular flexibility index (Phi) is 5.64. The lowest BCUT2D eigenvalue weighted by Gasteiger charge is -2.23. The van der Waals surface area contributed by atoms with Crippen molar-refractivity contribution in [2.75, 3.05) is 26.8 Å². The van der Waals surface area contributed by atoms with Gasteiger partial charge in [-0.2, -0.15) is 0 Å². The van der Waals surface area contributed by atoms with E-state index in [-0.39, 0.29) is 0 Å². The van der Waals surface area contributed by atoms with Crippen LogP contribution in [0, 0.1) is 0 Å². The first kappa shape index (κ1) is 9.92. The lowest BCUT2D eigenvalue weighted by Crippen LogP contribution is -2.33. The minimum Gasteiger partial charge on any atom is -0.383 e. The molecule has 0 heterocycles. The van der Waals surface area contributed by atoms with Crippen molar-refractivity contribution >= 4 is 0 Å². The fourth-order valence-electron chi connectivity index (χ4n) is 0.990. The molecule has 0 N–H and O–H groups in total. The summed E-state index contributed by atoms with van der Waals surface area (Å²) in [6, 6.07) is 0.639. The van der Waals surface area contributed by atoms with Crippen molar-refractivity contribution in [3.8, 4) is 0 Å². The summed E-state index contributed by atoms with van der Waals surface area (Å²) >= 11 is 0. The number of nitrogens with zero attached hydrogens (tertiary/aromatic N) is 1. The van der Waals surface area contributed by atoms with Crippen LogP contribution in [0.2, 0.25) is 0 Å². The Labute approximate surface area is 64.2 Å². The molecular formula is C8H19NO. The molecule has 0 aromatic heterocycles. The average molecular weight is 145 g/mol. The molecule has 0 aliphatic rings. The molecule has 2 nitrogen and oxygen atoms in total. The van der Waals surface area contributed by atoms with E-state index in [1.54, 1.807) is 7.11 Å². The van der Waals surface area contributed by atoms with Crippen LogP contribution < -0.4 is 0 Å². The number of hydrogen-bond donors (Lipinski definition) is 0. The Balaban J connectivity index is 3.40. The molecule has 0 spiro atoms. The van der Waals surface area contributed by atoms with Gasteiger partial charge >= 0.3 is 0 Å². The van der Waals surface area contributed by atoms with Crippen LogP contribution in [0.1, 0.15) is 20.8 Å². The lowest BCUT2D eigenvalue weighted by atomic mass is 10.3. The minimum absolute atomic E-state index is 0.639. The van der Waals surface area contributed by atoms with Gasteiger partial charge in [-0.1, -0.05) is 6.92 Å². The number of likely N-dealkylation sites (N-methyl/N-ethyl adjacent to an activating group) is 1. The van der Waals surface area contributed by atoms with Crippen LogP contribution in [0.4, 0.5) is 0 Å². The second kappa shape index (κ2) is 5.69. The van der Waals surface area contributed by atoms with Crippen molar-refractivity contribution < 1.29 is 4.74 Å². The molecule has 0 aliphatic heterocycles. The number of methoxy groups -OCH3 is 1. The highest BCUT2D eigenvalue weighted by atomic mass is 16.5. The van der Waals surface area contributed by atoms with Gasteiger partial charge in [-0.3, -0.25) is 4.90 Å². The molecule has 0 fully saturated rings. The number of hydrogen-bond acceptors (Lipinski definition) is 2. The van der Waals surface area contributed by atoms with Crippen molar-refractivity contribution in [2.45, 2.75) is 26.8 Å². The average Bonchev–Trinajstić information content (AvgIpc) is 1.89. The zero-order chi connectivity index (χ0) is 7.98. The zero-order valence-electron chi connectivity index (χ0n) is 7.55. The summed E-state index contributed by atoms with van der Waals surface area (Å²) in [6.07, 6.45) is 0. The monoisotopic (exact) mass is 145 g/mol. The van der Waals surface area contributed by atoms with Crippen LogP contribution in [-0.4, -0.2) is 37.7 Å². The second-order valence-corrected chi connectivity index (χ2v) is 2.72. The molecule has 0 aromatic carbocycles. The van der Waals surface area contributed by atoms with Gasteiger partial charge in [0.2, 0.25) is 0 Å². The first-order chi connectivity index (χ1) is 4.72. The van der Waals surface area contributed by atoms with E-state index < -0.39 is 0 Å². The molecule has 0 saturated carbocycles.